The average molecular weight is 361 g/mol. The van der Waals surface area contributed by atoms with Crippen LogP contribution in [0.2, 0.25) is 0 Å². The number of hydrazone groups is 1. The molecule has 0 aliphatic heterocycles. The SMILES string of the molecule is COc1ccc(/C=N\N(CC(=O)O)CC(=O)O)c(Br)c1O. The molecule has 0 saturated heterocycles. The van der Waals surface area contributed by atoms with Gasteiger partial charge >= 0.3 is 11.9 Å². The van der Waals surface area contributed by atoms with Crippen molar-refractivity contribution in [2.45, 2.75) is 0 Å². The fourth-order valence-electron chi connectivity index (χ4n) is 1.42. The van der Waals surface area contributed by atoms with E-state index in [0.717, 1.165) is 5.01 Å². The molecule has 3 N–H and O–H groups in total. The Labute approximate surface area is 128 Å². The summed E-state index contributed by atoms with van der Waals surface area (Å²) >= 11 is 3.15. The lowest BCUT2D eigenvalue weighted by Gasteiger charge is -2.14. The van der Waals surface area contributed by atoms with Crippen LogP contribution >= 0.6 is 15.9 Å². The van der Waals surface area contributed by atoms with Crippen molar-refractivity contribution in [3.63, 3.8) is 0 Å². The molecule has 114 valence electrons. The molecule has 8 nitrogen and oxygen atoms in total. The molecule has 0 unspecified atom stereocenters. The topological polar surface area (TPSA) is 120 Å². The van der Waals surface area contributed by atoms with Gasteiger partial charge in [0.1, 0.15) is 13.1 Å². The average Bonchev–Trinajstić information content (AvgIpc) is 2.39. The number of carboxylic acid groups (broad SMARTS) is 2. The molecule has 0 aliphatic carbocycles. The molecule has 21 heavy (non-hydrogen) atoms. The summed E-state index contributed by atoms with van der Waals surface area (Å²) in [6.07, 6.45) is 1.25. The van der Waals surface area contributed by atoms with E-state index in [1.807, 2.05) is 0 Å². The maximum atomic E-state index is 10.6. The molecule has 9 heteroatoms. The van der Waals surface area contributed by atoms with Crippen molar-refractivity contribution in [2.75, 3.05) is 20.2 Å². The fourth-order valence-corrected chi connectivity index (χ4v) is 1.85. The molecular formula is C12H13BrN2O6. The number of nitrogens with zero attached hydrogens (tertiary/aromatic N) is 2. The molecule has 1 aromatic carbocycles. The number of methoxy groups -OCH3 is 1. The van der Waals surface area contributed by atoms with Crippen LogP contribution in [0.3, 0.4) is 0 Å². The van der Waals surface area contributed by atoms with Gasteiger partial charge < -0.3 is 20.1 Å². The van der Waals surface area contributed by atoms with Crippen molar-refractivity contribution in [1.29, 1.82) is 0 Å². The Hall–Kier alpha value is -2.29. The normalized spacial score (nSPS) is 10.6. The Kier molecular flexibility index (Phi) is 5.97. The zero-order valence-corrected chi connectivity index (χ0v) is 12.6. The van der Waals surface area contributed by atoms with Crippen molar-refractivity contribution < 1.29 is 29.6 Å². The van der Waals surface area contributed by atoms with E-state index in [2.05, 4.69) is 21.0 Å². The third-order valence-electron chi connectivity index (χ3n) is 2.32. The van der Waals surface area contributed by atoms with Crippen LogP contribution in [0, 0.1) is 0 Å². The van der Waals surface area contributed by atoms with E-state index in [1.165, 1.54) is 19.4 Å². The summed E-state index contributed by atoms with van der Waals surface area (Å²) in [6, 6.07) is 3.08. The smallest absolute Gasteiger partial charge is 0.324 e. The number of carboxylic acids is 2. The van der Waals surface area contributed by atoms with Crippen LogP contribution in [-0.4, -0.2) is 58.7 Å². The molecule has 0 amide bonds. The van der Waals surface area contributed by atoms with Gasteiger partial charge in [-0.05, 0) is 28.1 Å². The van der Waals surface area contributed by atoms with Gasteiger partial charge in [-0.1, -0.05) is 0 Å². The molecule has 0 aromatic heterocycles. The Morgan fingerprint density at radius 1 is 1.33 bits per heavy atom. The van der Waals surface area contributed by atoms with E-state index < -0.39 is 25.0 Å². The zero-order chi connectivity index (χ0) is 16.0. The number of phenols is 1. The standard InChI is InChI=1S/C12H13BrN2O6/c1-21-8-3-2-7(11(13)12(8)20)4-14-15(5-9(16)17)6-10(18)19/h2-4,20H,5-6H2,1H3,(H,16,17)(H,18,19)/b14-4-. The second-order valence-corrected chi connectivity index (χ2v) is 4.67. The van der Waals surface area contributed by atoms with Gasteiger partial charge in [-0.15, -0.1) is 0 Å². The Morgan fingerprint density at radius 3 is 2.38 bits per heavy atom. The molecule has 0 bridgehead atoms. The first-order valence-corrected chi connectivity index (χ1v) is 6.42. The molecule has 0 heterocycles. The molecule has 0 radical (unpaired) electrons. The van der Waals surface area contributed by atoms with Crippen LogP contribution in [0.4, 0.5) is 0 Å². The maximum absolute atomic E-state index is 10.6. The summed E-state index contributed by atoms with van der Waals surface area (Å²) in [5.41, 5.74) is 0.439. The van der Waals surface area contributed by atoms with E-state index in [0.29, 0.717) is 10.0 Å². The number of hydrogen-bond acceptors (Lipinski definition) is 6. The number of benzene rings is 1. The second kappa shape index (κ2) is 7.48. The van der Waals surface area contributed by atoms with Gasteiger partial charge in [-0.3, -0.25) is 14.6 Å². The van der Waals surface area contributed by atoms with Gasteiger partial charge in [-0.2, -0.15) is 5.10 Å². The van der Waals surface area contributed by atoms with Crippen molar-refractivity contribution >= 4 is 34.1 Å². The predicted octanol–water partition coefficient (Wildman–Crippen LogP) is 0.968. The largest absolute Gasteiger partial charge is 0.503 e. The number of phenolic OH excluding ortho intramolecular Hbond substituents is 1. The molecular weight excluding hydrogens is 348 g/mol. The number of rotatable bonds is 7. The predicted molar refractivity (Wildman–Crippen MR) is 76.8 cm³/mol. The lowest BCUT2D eigenvalue weighted by atomic mass is 10.2. The highest BCUT2D eigenvalue weighted by molar-refractivity contribution is 9.10. The lowest BCUT2D eigenvalue weighted by Crippen LogP contribution is -2.30. The number of aliphatic carboxylic acids is 2. The van der Waals surface area contributed by atoms with Crippen LogP contribution in [0.1, 0.15) is 5.56 Å². The summed E-state index contributed by atoms with van der Waals surface area (Å²) in [7, 11) is 1.40. The van der Waals surface area contributed by atoms with E-state index in [9.17, 15) is 14.7 Å². The van der Waals surface area contributed by atoms with Gasteiger partial charge in [0.15, 0.2) is 11.5 Å². The highest BCUT2D eigenvalue weighted by Crippen LogP contribution is 2.35. The minimum atomic E-state index is -1.20. The monoisotopic (exact) mass is 360 g/mol. The zero-order valence-electron chi connectivity index (χ0n) is 11.0. The van der Waals surface area contributed by atoms with E-state index in [1.54, 1.807) is 6.07 Å². The van der Waals surface area contributed by atoms with E-state index >= 15 is 0 Å². The third-order valence-corrected chi connectivity index (χ3v) is 3.16. The van der Waals surface area contributed by atoms with Crippen LogP contribution in [0.5, 0.6) is 11.5 Å². The fraction of sp³-hybridized carbons (Fsp3) is 0.250. The van der Waals surface area contributed by atoms with Crippen molar-refractivity contribution in [3.05, 3.63) is 22.2 Å². The number of aromatic hydroxyl groups is 1. The minimum Gasteiger partial charge on any atom is -0.503 e. The second-order valence-electron chi connectivity index (χ2n) is 3.87. The molecule has 1 rings (SSSR count). The number of ether oxygens (including phenoxy) is 1. The summed E-state index contributed by atoms with van der Waals surface area (Å²) in [5.74, 6) is -2.29. The van der Waals surface area contributed by atoms with Crippen molar-refractivity contribution in [3.8, 4) is 11.5 Å². The van der Waals surface area contributed by atoms with Gasteiger partial charge in [0.2, 0.25) is 0 Å². The summed E-state index contributed by atoms with van der Waals surface area (Å²) in [6.45, 7) is -1.11. The van der Waals surface area contributed by atoms with Gasteiger partial charge in [-0.25, -0.2) is 0 Å². The van der Waals surface area contributed by atoms with Crippen molar-refractivity contribution in [1.82, 2.24) is 5.01 Å². The quantitative estimate of drug-likeness (QED) is 0.489. The molecule has 1 aromatic rings. The van der Waals surface area contributed by atoms with Crippen molar-refractivity contribution in [2.24, 2.45) is 5.10 Å². The van der Waals surface area contributed by atoms with Crippen LogP contribution < -0.4 is 4.74 Å². The molecule has 0 aliphatic rings. The van der Waals surface area contributed by atoms with Gasteiger partial charge in [0.05, 0.1) is 17.8 Å². The Morgan fingerprint density at radius 2 is 1.90 bits per heavy atom. The number of halogens is 1. The first-order chi connectivity index (χ1) is 9.85. The summed E-state index contributed by atoms with van der Waals surface area (Å²) in [4.78, 5) is 21.3. The Balaban J connectivity index is 2.97. The van der Waals surface area contributed by atoms with E-state index in [-0.39, 0.29) is 11.5 Å². The maximum Gasteiger partial charge on any atom is 0.324 e. The molecule has 0 saturated carbocycles. The summed E-state index contributed by atoms with van der Waals surface area (Å²) < 4.78 is 5.22. The first kappa shape index (κ1) is 16.8. The number of carbonyl (C=O) groups is 2. The molecule has 0 atom stereocenters. The Bertz CT molecular complexity index is 559. The number of hydrogen-bond donors (Lipinski definition) is 3. The molecule has 0 fully saturated rings. The highest BCUT2D eigenvalue weighted by Gasteiger charge is 2.12. The van der Waals surface area contributed by atoms with Gasteiger partial charge in [0, 0.05) is 5.56 Å². The van der Waals surface area contributed by atoms with Crippen LogP contribution in [0.15, 0.2) is 21.7 Å². The minimum absolute atomic E-state index is 0.135. The van der Waals surface area contributed by atoms with Crippen LogP contribution in [-0.2, 0) is 9.59 Å². The highest BCUT2D eigenvalue weighted by atomic mass is 79.9. The molecule has 0 spiro atoms. The van der Waals surface area contributed by atoms with Crippen LogP contribution in [0.25, 0.3) is 0 Å². The first-order valence-electron chi connectivity index (χ1n) is 5.63. The van der Waals surface area contributed by atoms with E-state index in [4.69, 9.17) is 14.9 Å². The third kappa shape index (κ3) is 4.95. The lowest BCUT2D eigenvalue weighted by molar-refractivity contribution is -0.141. The van der Waals surface area contributed by atoms with Gasteiger partial charge in [0.25, 0.3) is 0 Å². The summed E-state index contributed by atoms with van der Waals surface area (Å²) in [5, 5.41) is 31.8.